The van der Waals surface area contributed by atoms with Gasteiger partial charge in [-0.1, -0.05) is 17.7 Å². The molecule has 2 N–H and O–H groups in total. The number of carbonyl (C=O) groups is 1. The SMILES string of the molecule is CC1(c2ccc(F)cc2Cl)N[C@@H](C(=O)O)CS1. The van der Waals surface area contributed by atoms with Crippen LogP contribution in [0.5, 0.6) is 0 Å². The van der Waals surface area contributed by atoms with Crippen LogP contribution in [0.15, 0.2) is 18.2 Å². The van der Waals surface area contributed by atoms with Gasteiger partial charge < -0.3 is 5.11 Å². The molecule has 1 heterocycles. The summed E-state index contributed by atoms with van der Waals surface area (Å²) in [5.74, 6) is -0.834. The standard InChI is InChI=1S/C11H11ClFNO2S/c1-11(14-9(5-17-11)10(15)16)7-3-2-6(13)4-8(7)12/h2-4,9,14H,5H2,1H3,(H,15,16)/t9-,11?/m1/s1. The molecule has 0 aliphatic carbocycles. The average molecular weight is 276 g/mol. The minimum absolute atomic E-state index is 0.304. The molecule has 1 aromatic rings. The van der Waals surface area contributed by atoms with Crippen LogP contribution in [0.2, 0.25) is 5.02 Å². The molecule has 2 rings (SSSR count). The van der Waals surface area contributed by atoms with E-state index in [9.17, 15) is 9.18 Å². The van der Waals surface area contributed by atoms with Gasteiger partial charge in [0.05, 0.1) is 4.87 Å². The van der Waals surface area contributed by atoms with Gasteiger partial charge in [0, 0.05) is 16.3 Å². The van der Waals surface area contributed by atoms with Crippen LogP contribution < -0.4 is 5.32 Å². The van der Waals surface area contributed by atoms with Crippen LogP contribution in [0.3, 0.4) is 0 Å². The number of benzene rings is 1. The molecule has 1 fully saturated rings. The zero-order chi connectivity index (χ0) is 12.6. The van der Waals surface area contributed by atoms with Gasteiger partial charge in [-0.3, -0.25) is 10.1 Å². The largest absolute Gasteiger partial charge is 0.480 e. The summed E-state index contributed by atoms with van der Waals surface area (Å²) in [5.41, 5.74) is 0.703. The second kappa shape index (κ2) is 4.48. The van der Waals surface area contributed by atoms with E-state index in [1.54, 1.807) is 6.07 Å². The maximum absolute atomic E-state index is 13.0. The summed E-state index contributed by atoms with van der Waals surface area (Å²) < 4.78 is 13.0. The Bertz CT molecular complexity index is 471. The summed E-state index contributed by atoms with van der Waals surface area (Å²) in [7, 11) is 0. The molecule has 1 unspecified atom stereocenters. The first kappa shape index (κ1) is 12.7. The van der Waals surface area contributed by atoms with Gasteiger partial charge >= 0.3 is 5.97 Å². The molecule has 0 bridgehead atoms. The lowest BCUT2D eigenvalue weighted by Gasteiger charge is -2.25. The fraction of sp³-hybridized carbons (Fsp3) is 0.364. The monoisotopic (exact) mass is 275 g/mol. The van der Waals surface area contributed by atoms with Crippen LogP contribution in [0.1, 0.15) is 12.5 Å². The molecule has 92 valence electrons. The van der Waals surface area contributed by atoms with Gasteiger partial charge in [-0.25, -0.2) is 4.39 Å². The lowest BCUT2D eigenvalue weighted by atomic mass is 10.1. The Hall–Kier alpha value is -0.780. The van der Waals surface area contributed by atoms with Crippen molar-refractivity contribution in [1.29, 1.82) is 0 Å². The third-order valence-corrected chi connectivity index (χ3v) is 4.46. The second-order valence-electron chi connectivity index (χ2n) is 4.00. The molecule has 0 aromatic heterocycles. The number of hydrogen-bond acceptors (Lipinski definition) is 3. The second-order valence-corrected chi connectivity index (χ2v) is 5.85. The molecule has 2 atom stereocenters. The van der Waals surface area contributed by atoms with Gasteiger partial charge in [0.1, 0.15) is 11.9 Å². The first-order chi connectivity index (χ1) is 7.92. The molecular formula is C11H11ClFNO2S. The van der Waals surface area contributed by atoms with E-state index >= 15 is 0 Å². The van der Waals surface area contributed by atoms with Gasteiger partial charge in [-0.2, -0.15) is 0 Å². The van der Waals surface area contributed by atoms with Gasteiger partial charge in [0.25, 0.3) is 0 Å². The molecule has 1 saturated heterocycles. The fourth-order valence-electron chi connectivity index (χ4n) is 1.83. The smallest absolute Gasteiger partial charge is 0.321 e. The number of rotatable bonds is 2. The highest BCUT2D eigenvalue weighted by Crippen LogP contribution is 2.42. The molecule has 1 aliphatic heterocycles. The Balaban J connectivity index is 2.31. The van der Waals surface area contributed by atoms with Crippen molar-refractivity contribution in [3.05, 3.63) is 34.6 Å². The highest BCUT2D eigenvalue weighted by molar-refractivity contribution is 8.00. The van der Waals surface area contributed by atoms with E-state index in [-0.39, 0.29) is 0 Å². The normalized spacial score (nSPS) is 28.3. The van der Waals surface area contributed by atoms with Gasteiger partial charge in [-0.05, 0) is 19.1 Å². The molecule has 6 heteroatoms. The maximum Gasteiger partial charge on any atom is 0.321 e. The highest BCUT2D eigenvalue weighted by atomic mass is 35.5. The number of aliphatic carboxylic acids is 1. The molecule has 0 radical (unpaired) electrons. The van der Waals surface area contributed by atoms with Crippen molar-refractivity contribution in [1.82, 2.24) is 5.32 Å². The summed E-state index contributed by atoms with van der Waals surface area (Å²) in [6.07, 6.45) is 0. The third kappa shape index (κ3) is 2.41. The first-order valence-electron chi connectivity index (χ1n) is 5.02. The van der Waals surface area contributed by atoms with E-state index in [0.717, 1.165) is 0 Å². The van der Waals surface area contributed by atoms with Crippen LogP contribution in [0, 0.1) is 5.82 Å². The number of halogens is 2. The Labute approximate surface area is 107 Å². The molecule has 1 aliphatic rings. The van der Waals surface area contributed by atoms with Crippen LogP contribution in [-0.4, -0.2) is 22.9 Å². The van der Waals surface area contributed by atoms with Crippen molar-refractivity contribution < 1.29 is 14.3 Å². The van der Waals surface area contributed by atoms with Crippen molar-refractivity contribution in [2.45, 2.75) is 17.8 Å². The number of hydrogen-bond donors (Lipinski definition) is 2. The lowest BCUT2D eigenvalue weighted by Crippen LogP contribution is -2.41. The summed E-state index contributed by atoms with van der Waals surface area (Å²) in [6.45, 7) is 1.85. The molecular weight excluding hydrogens is 265 g/mol. The van der Waals surface area contributed by atoms with E-state index in [4.69, 9.17) is 16.7 Å². The minimum Gasteiger partial charge on any atom is -0.480 e. The zero-order valence-electron chi connectivity index (χ0n) is 9.04. The van der Waals surface area contributed by atoms with Crippen LogP contribution in [0.25, 0.3) is 0 Å². The Morgan fingerprint density at radius 1 is 1.71 bits per heavy atom. The van der Waals surface area contributed by atoms with Crippen molar-refractivity contribution in [3.63, 3.8) is 0 Å². The Morgan fingerprint density at radius 2 is 2.41 bits per heavy atom. The summed E-state index contributed by atoms with van der Waals surface area (Å²) in [4.78, 5) is 10.3. The topological polar surface area (TPSA) is 49.3 Å². The van der Waals surface area contributed by atoms with Gasteiger partial charge in [-0.15, -0.1) is 11.8 Å². The number of carboxylic acid groups (broad SMARTS) is 1. The fourth-order valence-corrected chi connectivity index (χ4v) is 3.53. The van der Waals surface area contributed by atoms with Crippen molar-refractivity contribution in [2.75, 3.05) is 5.75 Å². The number of thioether (sulfide) groups is 1. The Morgan fingerprint density at radius 3 is 2.94 bits per heavy atom. The molecule has 0 spiro atoms. The van der Waals surface area contributed by atoms with Crippen molar-refractivity contribution >= 4 is 29.3 Å². The van der Waals surface area contributed by atoms with Crippen LogP contribution in [0.4, 0.5) is 4.39 Å². The van der Waals surface area contributed by atoms with Crippen molar-refractivity contribution in [3.8, 4) is 0 Å². The summed E-state index contributed by atoms with van der Waals surface area (Å²) >= 11 is 7.44. The minimum atomic E-state index is -0.889. The molecule has 1 aromatic carbocycles. The van der Waals surface area contributed by atoms with Gasteiger partial charge in [0.2, 0.25) is 0 Å². The van der Waals surface area contributed by atoms with Crippen molar-refractivity contribution in [2.24, 2.45) is 0 Å². The third-order valence-electron chi connectivity index (χ3n) is 2.73. The van der Waals surface area contributed by atoms with E-state index in [1.165, 1.54) is 23.9 Å². The quantitative estimate of drug-likeness (QED) is 0.870. The van der Waals surface area contributed by atoms with E-state index in [0.29, 0.717) is 16.3 Å². The number of nitrogens with one attached hydrogen (secondary N) is 1. The summed E-state index contributed by atoms with van der Waals surface area (Å²) in [6, 6.07) is 3.54. The highest BCUT2D eigenvalue weighted by Gasteiger charge is 2.40. The van der Waals surface area contributed by atoms with Crippen LogP contribution >= 0.6 is 23.4 Å². The van der Waals surface area contributed by atoms with Crippen LogP contribution in [-0.2, 0) is 9.67 Å². The summed E-state index contributed by atoms with van der Waals surface area (Å²) in [5, 5.41) is 12.2. The molecule has 3 nitrogen and oxygen atoms in total. The lowest BCUT2D eigenvalue weighted by molar-refractivity contribution is -0.138. The van der Waals surface area contributed by atoms with E-state index in [2.05, 4.69) is 5.32 Å². The molecule has 0 saturated carbocycles. The maximum atomic E-state index is 13.0. The van der Waals surface area contributed by atoms with Gasteiger partial charge in [0.15, 0.2) is 0 Å². The predicted octanol–water partition coefficient (Wildman–Crippen LogP) is 2.44. The molecule has 17 heavy (non-hydrogen) atoms. The predicted molar refractivity (Wildman–Crippen MR) is 65.8 cm³/mol. The van der Waals surface area contributed by atoms with E-state index < -0.39 is 22.7 Å². The number of carboxylic acids is 1. The average Bonchev–Trinajstić information content (AvgIpc) is 2.61. The Kier molecular flexibility index (Phi) is 3.34. The first-order valence-corrected chi connectivity index (χ1v) is 6.39. The zero-order valence-corrected chi connectivity index (χ0v) is 10.6. The van der Waals surface area contributed by atoms with E-state index in [1.807, 2.05) is 6.92 Å². The molecule has 0 amide bonds.